The Morgan fingerprint density at radius 3 is 2.65 bits per heavy atom. The fourth-order valence-corrected chi connectivity index (χ4v) is 2.22. The zero-order valence-electron chi connectivity index (χ0n) is 14.0. The Bertz CT molecular complexity index is 566. The van der Waals surface area contributed by atoms with E-state index in [0.717, 1.165) is 6.42 Å². The van der Waals surface area contributed by atoms with Crippen LogP contribution in [0.2, 0.25) is 0 Å². The number of hydrogen-bond acceptors (Lipinski definition) is 5. The maximum absolute atomic E-state index is 12.0. The molecule has 1 saturated heterocycles. The zero-order valence-corrected chi connectivity index (χ0v) is 14.0. The van der Waals surface area contributed by atoms with Crippen molar-refractivity contribution >= 4 is 12.0 Å². The van der Waals surface area contributed by atoms with E-state index in [1.165, 1.54) is 6.20 Å². The van der Waals surface area contributed by atoms with Crippen LogP contribution in [0, 0.1) is 0 Å². The van der Waals surface area contributed by atoms with Gasteiger partial charge in [-0.3, -0.25) is 4.79 Å². The van der Waals surface area contributed by atoms with Crippen LogP contribution in [0.15, 0.2) is 18.3 Å². The van der Waals surface area contributed by atoms with Gasteiger partial charge in [0.2, 0.25) is 0 Å². The van der Waals surface area contributed by atoms with Crippen LogP contribution in [0.4, 0.5) is 4.79 Å². The van der Waals surface area contributed by atoms with Gasteiger partial charge in [-0.2, -0.15) is 0 Å². The minimum Gasteiger partial charge on any atom is -0.487 e. The summed E-state index contributed by atoms with van der Waals surface area (Å²) in [6, 6.07) is 3.31. The molecule has 1 aromatic rings. The maximum Gasteiger partial charge on any atom is 0.410 e. The van der Waals surface area contributed by atoms with Crippen LogP contribution in [0.25, 0.3) is 0 Å². The monoisotopic (exact) mass is 321 g/mol. The van der Waals surface area contributed by atoms with Gasteiger partial charge in [-0.05, 0) is 32.9 Å². The van der Waals surface area contributed by atoms with Crippen LogP contribution in [0.5, 0.6) is 5.75 Å². The number of carbonyl (C=O) groups is 2. The van der Waals surface area contributed by atoms with E-state index in [2.05, 4.69) is 10.3 Å². The molecule has 2 heterocycles. The molecule has 2 rings (SSSR count). The van der Waals surface area contributed by atoms with Crippen molar-refractivity contribution in [3.63, 3.8) is 0 Å². The van der Waals surface area contributed by atoms with Gasteiger partial charge in [-0.15, -0.1) is 0 Å². The van der Waals surface area contributed by atoms with Crippen LogP contribution in [0.3, 0.4) is 0 Å². The number of pyridine rings is 1. The summed E-state index contributed by atoms with van der Waals surface area (Å²) in [4.78, 5) is 29.1. The molecule has 1 aromatic heterocycles. The summed E-state index contributed by atoms with van der Waals surface area (Å²) in [6.45, 7) is 6.60. The first kappa shape index (κ1) is 17.1. The van der Waals surface area contributed by atoms with Crippen LogP contribution in [0.1, 0.15) is 37.7 Å². The predicted molar refractivity (Wildman–Crippen MR) is 84.5 cm³/mol. The maximum atomic E-state index is 12.0. The molecule has 126 valence electrons. The molecule has 1 atom stereocenters. The van der Waals surface area contributed by atoms with Crippen LogP contribution >= 0.6 is 0 Å². The Morgan fingerprint density at radius 1 is 1.35 bits per heavy atom. The van der Waals surface area contributed by atoms with Gasteiger partial charge in [0, 0.05) is 20.0 Å². The van der Waals surface area contributed by atoms with Gasteiger partial charge in [0.25, 0.3) is 5.91 Å². The summed E-state index contributed by atoms with van der Waals surface area (Å²) in [5, 5.41) is 2.51. The van der Waals surface area contributed by atoms with Gasteiger partial charge in [0.05, 0.1) is 12.7 Å². The van der Waals surface area contributed by atoms with Gasteiger partial charge < -0.3 is 19.7 Å². The highest BCUT2D eigenvalue weighted by molar-refractivity contribution is 5.91. The number of nitrogens with one attached hydrogen (secondary N) is 1. The molecule has 0 saturated carbocycles. The van der Waals surface area contributed by atoms with Gasteiger partial charge in [-0.1, -0.05) is 0 Å². The average molecular weight is 321 g/mol. The van der Waals surface area contributed by atoms with Crippen molar-refractivity contribution in [1.29, 1.82) is 0 Å². The second-order valence-corrected chi connectivity index (χ2v) is 6.41. The lowest BCUT2D eigenvalue weighted by molar-refractivity contribution is 0.0275. The minimum absolute atomic E-state index is 0.102. The number of ether oxygens (including phenoxy) is 2. The van der Waals surface area contributed by atoms with E-state index in [0.29, 0.717) is 24.5 Å². The summed E-state index contributed by atoms with van der Waals surface area (Å²) < 4.78 is 11.2. The van der Waals surface area contributed by atoms with Crippen LogP contribution < -0.4 is 10.1 Å². The Labute approximate surface area is 136 Å². The Hall–Kier alpha value is -2.31. The highest BCUT2D eigenvalue weighted by atomic mass is 16.6. The van der Waals surface area contributed by atoms with E-state index in [4.69, 9.17) is 9.47 Å². The molecule has 2 amide bonds. The zero-order chi connectivity index (χ0) is 17.0. The van der Waals surface area contributed by atoms with Gasteiger partial charge in [-0.25, -0.2) is 9.78 Å². The van der Waals surface area contributed by atoms with Crippen molar-refractivity contribution in [2.75, 3.05) is 20.1 Å². The molecule has 0 aliphatic carbocycles. The number of nitrogens with zero attached hydrogens (tertiary/aromatic N) is 2. The Morgan fingerprint density at radius 2 is 2.09 bits per heavy atom. The quantitative estimate of drug-likeness (QED) is 0.918. The summed E-state index contributed by atoms with van der Waals surface area (Å²) >= 11 is 0. The molecule has 1 fully saturated rings. The van der Waals surface area contributed by atoms with E-state index in [-0.39, 0.29) is 18.1 Å². The second kappa shape index (κ2) is 6.85. The van der Waals surface area contributed by atoms with Crippen molar-refractivity contribution in [2.24, 2.45) is 0 Å². The SMILES string of the molecule is CNC(=O)c1ccc(O[C@@H]2CCN(C(=O)OC(C)(C)C)C2)cn1. The molecule has 1 N–H and O–H groups in total. The third kappa shape index (κ3) is 4.84. The van der Waals surface area contributed by atoms with Crippen molar-refractivity contribution in [1.82, 2.24) is 15.2 Å². The lowest BCUT2D eigenvalue weighted by Gasteiger charge is -2.24. The third-order valence-electron chi connectivity index (χ3n) is 3.30. The van der Waals surface area contributed by atoms with E-state index in [1.807, 2.05) is 20.8 Å². The molecule has 23 heavy (non-hydrogen) atoms. The minimum atomic E-state index is -0.504. The fraction of sp³-hybridized carbons (Fsp3) is 0.562. The standard InChI is InChI=1S/C16H23N3O4/c1-16(2,3)23-15(21)19-8-7-12(10-19)22-11-5-6-13(18-9-11)14(20)17-4/h5-6,9,12H,7-8,10H2,1-4H3,(H,17,20)/t12-/m1/s1. The van der Waals surface area contributed by atoms with Gasteiger partial charge in [0.1, 0.15) is 23.1 Å². The number of likely N-dealkylation sites (tertiary alicyclic amines) is 1. The predicted octanol–water partition coefficient (Wildman–Crippen LogP) is 1.83. The molecule has 0 aromatic carbocycles. The number of amides is 2. The number of aromatic nitrogens is 1. The topological polar surface area (TPSA) is 80.8 Å². The average Bonchev–Trinajstić information content (AvgIpc) is 2.94. The summed E-state index contributed by atoms with van der Waals surface area (Å²) in [5.74, 6) is 0.335. The van der Waals surface area contributed by atoms with Crippen molar-refractivity contribution in [3.05, 3.63) is 24.0 Å². The molecular formula is C16H23N3O4. The first-order valence-electron chi connectivity index (χ1n) is 7.61. The largest absolute Gasteiger partial charge is 0.487 e. The Balaban J connectivity index is 1.88. The van der Waals surface area contributed by atoms with E-state index < -0.39 is 5.60 Å². The van der Waals surface area contributed by atoms with E-state index in [9.17, 15) is 9.59 Å². The number of rotatable bonds is 3. The van der Waals surface area contributed by atoms with Gasteiger partial charge >= 0.3 is 6.09 Å². The highest BCUT2D eigenvalue weighted by Crippen LogP contribution is 2.20. The normalized spacial score (nSPS) is 17.7. The first-order valence-corrected chi connectivity index (χ1v) is 7.61. The lowest BCUT2D eigenvalue weighted by atomic mass is 10.2. The highest BCUT2D eigenvalue weighted by Gasteiger charge is 2.30. The molecule has 7 nitrogen and oxygen atoms in total. The smallest absolute Gasteiger partial charge is 0.410 e. The molecule has 0 radical (unpaired) electrons. The van der Waals surface area contributed by atoms with E-state index >= 15 is 0 Å². The summed E-state index contributed by atoms with van der Waals surface area (Å²) in [7, 11) is 1.55. The van der Waals surface area contributed by atoms with Crippen LogP contribution in [-0.4, -0.2) is 53.7 Å². The third-order valence-corrected chi connectivity index (χ3v) is 3.30. The fourth-order valence-electron chi connectivity index (χ4n) is 2.22. The van der Waals surface area contributed by atoms with Crippen molar-refractivity contribution < 1.29 is 19.1 Å². The molecule has 1 aliphatic heterocycles. The number of hydrogen-bond donors (Lipinski definition) is 1. The number of carbonyl (C=O) groups excluding carboxylic acids is 2. The molecule has 7 heteroatoms. The molecule has 1 aliphatic rings. The lowest BCUT2D eigenvalue weighted by Crippen LogP contribution is -2.36. The van der Waals surface area contributed by atoms with Crippen molar-refractivity contribution in [3.8, 4) is 5.75 Å². The first-order chi connectivity index (χ1) is 10.8. The molecule has 0 unspecified atom stereocenters. The second-order valence-electron chi connectivity index (χ2n) is 6.41. The molecular weight excluding hydrogens is 298 g/mol. The summed E-state index contributed by atoms with van der Waals surface area (Å²) in [6.07, 6.45) is 1.82. The molecule has 0 bridgehead atoms. The van der Waals surface area contributed by atoms with Gasteiger partial charge in [0.15, 0.2) is 0 Å². The molecule has 0 spiro atoms. The summed E-state index contributed by atoms with van der Waals surface area (Å²) in [5.41, 5.74) is -0.169. The van der Waals surface area contributed by atoms with Crippen molar-refractivity contribution in [2.45, 2.75) is 38.9 Å². The van der Waals surface area contributed by atoms with E-state index in [1.54, 1.807) is 24.1 Å². The van der Waals surface area contributed by atoms with Crippen LogP contribution in [-0.2, 0) is 4.74 Å². The Kier molecular flexibility index (Phi) is 5.08.